The summed E-state index contributed by atoms with van der Waals surface area (Å²) in [6, 6.07) is 10.7. The zero-order chi connectivity index (χ0) is 23.8. The molecule has 0 saturated carbocycles. The van der Waals surface area contributed by atoms with Gasteiger partial charge in [0.2, 0.25) is 0 Å². The average Bonchev–Trinajstić information content (AvgIpc) is 3.27. The Morgan fingerprint density at radius 1 is 1.24 bits per heavy atom. The van der Waals surface area contributed by atoms with Crippen LogP contribution in [-0.2, 0) is 10.0 Å². The predicted octanol–water partition coefficient (Wildman–Crippen LogP) is 4.09. The van der Waals surface area contributed by atoms with Gasteiger partial charge in [-0.3, -0.25) is 5.10 Å². The molecule has 0 aliphatic carbocycles. The van der Waals surface area contributed by atoms with Crippen molar-refractivity contribution in [1.82, 2.24) is 19.8 Å². The van der Waals surface area contributed by atoms with Crippen molar-refractivity contribution < 1.29 is 18.3 Å². The molecule has 1 aromatic heterocycles. The number of aromatic amines is 1. The van der Waals surface area contributed by atoms with Gasteiger partial charge in [0, 0.05) is 29.1 Å². The second-order valence-corrected chi connectivity index (χ2v) is 11.2. The average molecular weight is 491 g/mol. The Morgan fingerprint density at radius 2 is 1.91 bits per heavy atom. The summed E-state index contributed by atoms with van der Waals surface area (Å²) in [6.45, 7) is 4.79. The van der Waals surface area contributed by atoms with Crippen LogP contribution in [0.15, 0.2) is 53.6 Å². The summed E-state index contributed by atoms with van der Waals surface area (Å²) >= 11 is 6.26. The number of H-pyrrole nitrogens is 1. The van der Waals surface area contributed by atoms with Crippen LogP contribution in [0, 0.1) is 11.3 Å². The molecular weight excluding hydrogens is 464 g/mol. The molecule has 1 aliphatic rings. The summed E-state index contributed by atoms with van der Waals surface area (Å²) < 4.78 is 27.1. The highest BCUT2D eigenvalue weighted by Crippen LogP contribution is 2.46. The molecular formula is C23H27ClN4O4S. The molecule has 10 heteroatoms. The Labute approximate surface area is 198 Å². The molecule has 2 aromatic carbocycles. The molecule has 1 aliphatic heterocycles. The summed E-state index contributed by atoms with van der Waals surface area (Å²) in [6.07, 6.45) is 2.14. The van der Waals surface area contributed by atoms with Crippen LogP contribution in [-0.4, -0.2) is 47.7 Å². The highest BCUT2D eigenvalue weighted by molar-refractivity contribution is 7.90. The highest BCUT2D eigenvalue weighted by Gasteiger charge is 2.40. The maximum Gasteiger partial charge on any atom is 0.331 e. The molecule has 2 amide bonds. The topological polar surface area (TPSA) is 115 Å². The number of fused-ring (bicyclic) bond motifs is 1. The second-order valence-electron chi connectivity index (χ2n) is 9.04. The van der Waals surface area contributed by atoms with Gasteiger partial charge in [0.15, 0.2) is 0 Å². The molecule has 33 heavy (non-hydrogen) atoms. The third-order valence-electron chi connectivity index (χ3n) is 6.65. The number of nitrogens with one attached hydrogen (secondary N) is 2. The van der Waals surface area contributed by atoms with Crippen molar-refractivity contribution in [2.24, 2.45) is 11.3 Å². The molecule has 1 unspecified atom stereocenters. The van der Waals surface area contributed by atoms with E-state index in [4.69, 9.17) is 11.6 Å². The lowest BCUT2D eigenvalue weighted by molar-refractivity contribution is -0.0141. The standard InChI is InChI=1S/C23H27ClN4O4S/c1-23(2,21(29)19-13-17(24)12-15-14-25-26-20(15)19)16-8-10-28(11-9-16)22(30)27-33(31,32)18-6-4-3-5-7-18/h3-7,12-14,16,21,29H,8-11H2,1-2H3,(H,25,26)(H,27,30). The normalized spacial score (nSPS) is 16.7. The number of likely N-dealkylation sites (tertiary alicyclic amines) is 1. The highest BCUT2D eigenvalue weighted by atomic mass is 35.5. The first-order valence-electron chi connectivity index (χ1n) is 10.8. The zero-order valence-electron chi connectivity index (χ0n) is 18.5. The summed E-state index contributed by atoms with van der Waals surface area (Å²) in [5.74, 6) is 0.110. The molecule has 4 rings (SSSR count). The van der Waals surface area contributed by atoms with E-state index in [-0.39, 0.29) is 10.8 Å². The van der Waals surface area contributed by atoms with E-state index in [1.54, 1.807) is 36.5 Å². The van der Waals surface area contributed by atoms with Crippen molar-refractivity contribution in [3.8, 4) is 0 Å². The van der Waals surface area contributed by atoms with E-state index in [1.807, 2.05) is 13.8 Å². The van der Waals surface area contributed by atoms with Crippen LogP contribution in [0.1, 0.15) is 38.4 Å². The fourth-order valence-corrected chi connectivity index (χ4v) is 5.78. The monoisotopic (exact) mass is 490 g/mol. The number of aromatic nitrogens is 2. The van der Waals surface area contributed by atoms with Crippen molar-refractivity contribution in [2.75, 3.05) is 13.1 Å². The number of benzene rings is 2. The van der Waals surface area contributed by atoms with Crippen molar-refractivity contribution in [1.29, 1.82) is 0 Å². The number of nitrogens with zero attached hydrogens (tertiary/aromatic N) is 2. The van der Waals surface area contributed by atoms with Gasteiger partial charge in [-0.2, -0.15) is 5.10 Å². The van der Waals surface area contributed by atoms with E-state index < -0.39 is 27.6 Å². The smallest absolute Gasteiger partial charge is 0.331 e. The Bertz CT molecular complexity index is 1250. The molecule has 0 radical (unpaired) electrons. The van der Waals surface area contributed by atoms with Crippen LogP contribution in [0.4, 0.5) is 4.79 Å². The number of sulfonamides is 1. The van der Waals surface area contributed by atoms with Crippen LogP contribution in [0.2, 0.25) is 5.02 Å². The minimum Gasteiger partial charge on any atom is -0.388 e. The lowest BCUT2D eigenvalue weighted by Crippen LogP contribution is -2.48. The summed E-state index contributed by atoms with van der Waals surface area (Å²) in [7, 11) is -3.92. The van der Waals surface area contributed by atoms with Gasteiger partial charge in [-0.1, -0.05) is 43.6 Å². The lowest BCUT2D eigenvalue weighted by atomic mass is 9.68. The Morgan fingerprint density at radius 3 is 2.58 bits per heavy atom. The molecule has 176 valence electrons. The minimum absolute atomic E-state index is 0.0455. The summed E-state index contributed by atoms with van der Waals surface area (Å²) in [5, 5.41) is 19.7. The van der Waals surface area contributed by atoms with Crippen LogP contribution in [0.3, 0.4) is 0 Å². The molecule has 1 saturated heterocycles. The molecule has 3 N–H and O–H groups in total. The van der Waals surface area contributed by atoms with Crippen LogP contribution < -0.4 is 4.72 Å². The Balaban J connectivity index is 1.43. The van der Waals surface area contributed by atoms with Gasteiger partial charge in [0.1, 0.15) is 0 Å². The van der Waals surface area contributed by atoms with Gasteiger partial charge in [-0.05, 0) is 48.4 Å². The van der Waals surface area contributed by atoms with Gasteiger partial charge in [-0.15, -0.1) is 0 Å². The maximum atomic E-state index is 12.6. The molecule has 3 aromatic rings. The number of hydrogen-bond donors (Lipinski definition) is 3. The third-order valence-corrected chi connectivity index (χ3v) is 8.21. The van der Waals surface area contributed by atoms with E-state index in [9.17, 15) is 18.3 Å². The van der Waals surface area contributed by atoms with Crippen LogP contribution in [0.5, 0.6) is 0 Å². The number of rotatable bonds is 5. The van der Waals surface area contributed by atoms with Gasteiger partial charge in [0.25, 0.3) is 10.0 Å². The first kappa shape index (κ1) is 23.5. The Hall–Kier alpha value is -2.62. The van der Waals surface area contributed by atoms with Crippen LogP contribution >= 0.6 is 11.6 Å². The number of amides is 2. The van der Waals surface area contributed by atoms with Crippen molar-refractivity contribution in [2.45, 2.75) is 37.7 Å². The van der Waals surface area contributed by atoms with Crippen molar-refractivity contribution in [3.63, 3.8) is 0 Å². The van der Waals surface area contributed by atoms with E-state index in [2.05, 4.69) is 14.9 Å². The zero-order valence-corrected chi connectivity index (χ0v) is 20.0. The molecule has 0 bridgehead atoms. The van der Waals surface area contributed by atoms with Gasteiger partial charge < -0.3 is 10.0 Å². The third kappa shape index (κ3) is 4.71. The number of hydrogen-bond acceptors (Lipinski definition) is 5. The number of aliphatic hydroxyl groups excluding tert-OH is 1. The fourth-order valence-electron chi connectivity index (χ4n) is 4.55. The van der Waals surface area contributed by atoms with Gasteiger partial charge >= 0.3 is 6.03 Å². The van der Waals surface area contributed by atoms with E-state index >= 15 is 0 Å². The number of aliphatic hydroxyl groups is 1. The summed E-state index contributed by atoms with van der Waals surface area (Å²) in [5.41, 5.74) is 0.929. The van der Waals surface area contributed by atoms with Gasteiger partial charge in [0.05, 0.1) is 22.7 Å². The molecule has 2 heterocycles. The largest absolute Gasteiger partial charge is 0.388 e. The molecule has 0 spiro atoms. The first-order valence-corrected chi connectivity index (χ1v) is 12.6. The molecule has 1 fully saturated rings. The summed E-state index contributed by atoms with van der Waals surface area (Å²) in [4.78, 5) is 14.2. The Kier molecular flexibility index (Phi) is 6.39. The number of urea groups is 1. The van der Waals surface area contributed by atoms with Crippen molar-refractivity contribution in [3.05, 3.63) is 59.2 Å². The van der Waals surface area contributed by atoms with Gasteiger partial charge in [-0.25, -0.2) is 17.9 Å². The minimum atomic E-state index is -3.92. The quantitative estimate of drug-likeness (QED) is 0.498. The van der Waals surface area contributed by atoms with E-state index in [1.165, 1.54) is 17.0 Å². The van der Waals surface area contributed by atoms with Crippen LogP contribution in [0.25, 0.3) is 10.9 Å². The molecule has 1 atom stereocenters. The lowest BCUT2D eigenvalue weighted by Gasteiger charge is -2.43. The number of piperidine rings is 1. The predicted molar refractivity (Wildman–Crippen MR) is 126 cm³/mol. The maximum absolute atomic E-state index is 12.6. The molecule has 8 nitrogen and oxygen atoms in total. The SMILES string of the molecule is CC(C)(C1CCN(C(=O)NS(=O)(=O)c2ccccc2)CC1)C(O)c1cc(Cl)cc2cn[nH]c12. The number of carbonyl (C=O) groups is 1. The second kappa shape index (κ2) is 8.96. The first-order chi connectivity index (χ1) is 15.6. The van der Waals surface area contributed by atoms with Crippen molar-refractivity contribution >= 4 is 38.6 Å². The number of carbonyl (C=O) groups excluding carboxylic acids is 1. The van der Waals surface area contributed by atoms with E-state index in [0.29, 0.717) is 36.5 Å². The fraction of sp³-hybridized carbons (Fsp3) is 0.391. The van der Waals surface area contributed by atoms with E-state index in [0.717, 1.165) is 10.9 Å². The number of halogens is 1.